The molecule has 1 aromatic rings. The van der Waals surface area contributed by atoms with Gasteiger partial charge >= 0.3 is 0 Å². The molecule has 0 aliphatic carbocycles. The summed E-state index contributed by atoms with van der Waals surface area (Å²) < 4.78 is 0.610. The van der Waals surface area contributed by atoms with Crippen LogP contribution in [0.5, 0.6) is 0 Å². The molecule has 106 valence electrons. The zero-order valence-electron chi connectivity index (χ0n) is 12.2. The second-order valence-electron chi connectivity index (χ2n) is 4.59. The largest absolute Gasteiger partial charge is 0.143 e. The second kappa shape index (κ2) is 11.5. The molecule has 0 bridgehead atoms. The Balaban J connectivity index is 2.44. The van der Waals surface area contributed by atoms with Crippen molar-refractivity contribution < 1.29 is 0 Å². The van der Waals surface area contributed by atoms with Gasteiger partial charge < -0.3 is 0 Å². The molecule has 0 spiro atoms. The highest BCUT2D eigenvalue weighted by atomic mass is 32.2. The number of benzene rings is 1. The van der Waals surface area contributed by atoms with E-state index >= 15 is 0 Å². The average Bonchev–Trinajstić information content (AvgIpc) is 2.45. The third-order valence-electron chi connectivity index (χ3n) is 2.81. The van der Waals surface area contributed by atoms with E-state index in [-0.39, 0.29) is 0 Å². The molecular formula is C17H26S2. The first-order valence-electron chi connectivity index (χ1n) is 7.33. The van der Waals surface area contributed by atoms with Gasteiger partial charge in [-0.05, 0) is 29.9 Å². The van der Waals surface area contributed by atoms with Gasteiger partial charge in [0, 0.05) is 0 Å². The zero-order valence-corrected chi connectivity index (χ0v) is 13.8. The summed E-state index contributed by atoms with van der Waals surface area (Å²) in [6.07, 6.45) is 9.88. The van der Waals surface area contributed by atoms with E-state index in [0.29, 0.717) is 4.58 Å². The van der Waals surface area contributed by atoms with Crippen LogP contribution in [0, 0.1) is 0 Å². The molecular weight excluding hydrogens is 268 g/mol. The molecule has 0 aromatic heterocycles. The molecule has 0 radical (unpaired) electrons. The van der Waals surface area contributed by atoms with Gasteiger partial charge in [-0.25, -0.2) is 0 Å². The van der Waals surface area contributed by atoms with Crippen molar-refractivity contribution in [3.63, 3.8) is 0 Å². The summed E-state index contributed by atoms with van der Waals surface area (Å²) in [4.78, 5) is 0. The van der Waals surface area contributed by atoms with Gasteiger partial charge in [0.1, 0.15) is 0 Å². The fraction of sp³-hybridized carbons (Fsp3) is 0.529. The first-order valence-corrected chi connectivity index (χ1v) is 9.43. The first kappa shape index (κ1) is 16.7. The van der Waals surface area contributed by atoms with Crippen LogP contribution in [0.3, 0.4) is 0 Å². The van der Waals surface area contributed by atoms with Crippen molar-refractivity contribution in [3.05, 3.63) is 42.0 Å². The summed E-state index contributed by atoms with van der Waals surface area (Å²) in [6.45, 7) is 4.53. The molecule has 0 heterocycles. The highest BCUT2D eigenvalue weighted by molar-refractivity contribution is 8.17. The minimum absolute atomic E-state index is 0.610. The topological polar surface area (TPSA) is 0 Å². The monoisotopic (exact) mass is 294 g/mol. The van der Waals surface area contributed by atoms with E-state index in [1.807, 2.05) is 0 Å². The number of unbranched alkanes of at least 4 members (excludes halogenated alkanes) is 2. The summed E-state index contributed by atoms with van der Waals surface area (Å²) >= 11 is 4.18. The van der Waals surface area contributed by atoms with Crippen molar-refractivity contribution in [2.24, 2.45) is 0 Å². The maximum absolute atomic E-state index is 2.37. The second-order valence-corrected chi connectivity index (χ2v) is 7.38. The highest BCUT2D eigenvalue weighted by Gasteiger charge is 2.05. The van der Waals surface area contributed by atoms with Crippen molar-refractivity contribution in [3.8, 4) is 0 Å². The Hall–Kier alpha value is -0.340. The molecule has 19 heavy (non-hydrogen) atoms. The minimum Gasteiger partial charge on any atom is -0.143 e. The Bertz CT molecular complexity index is 322. The lowest BCUT2D eigenvalue weighted by Gasteiger charge is -2.11. The summed E-state index contributed by atoms with van der Waals surface area (Å²) in [5.74, 6) is 2.55. The van der Waals surface area contributed by atoms with Crippen LogP contribution in [-0.4, -0.2) is 16.1 Å². The average molecular weight is 295 g/mol. The molecule has 0 saturated heterocycles. The molecule has 0 amide bonds. The number of hydrogen-bond acceptors (Lipinski definition) is 2. The van der Waals surface area contributed by atoms with Gasteiger partial charge in [-0.2, -0.15) is 0 Å². The fourth-order valence-electron chi connectivity index (χ4n) is 1.60. The maximum atomic E-state index is 2.37. The van der Waals surface area contributed by atoms with Crippen molar-refractivity contribution in [1.82, 2.24) is 0 Å². The molecule has 0 saturated carbocycles. The van der Waals surface area contributed by atoms with Gasteiger partial charge in [-0.15, -0.1) is 23.5 Å². The van der Waals surface area contributed by atoms with Crippen molar-refractivity contribution in [2.75, 3.05) is 11.5 Å². The molecule has 0 aliphatic heterocycles. The Kier molecular flexibility index (Phi) is 10.1. The maximum Gasteiger partial charge on any atom is 0.0685 e. The van der Waals surface area contributed by atoms with Crippen molar-refractivity contribution in [1.29, 1.82) is 0 Å². The summed E-state index contributed by atoms with van der Waals surface area (Å²) in [5, 5.41) is 0. The molecule has 0 nitrogen and oxygen atoms in total. The van der Waals surface area contributed by atoms with Crippen LogP contribution >= 0.6 is 23.5 Å². The van der Waals surface area contributed by atoms with E-state index in [1.165, 1.54) is 42.8 Å². The predicted octanol–water partition coefficient (Wildman–Crippen LogP) is 6.09. The van der Waals surface area contributed by atoms with E-state index < -0.39 is 0 Å². The quantitative estimate of drug-likeness (QED) is 0.378. The molecule has 1 rings (SSSR count). The standard InChI is InChI=1S/C17H26S2/c1-3-5-14-18-17(19-15-6-4-2)13-12-16-10-8-7-9-11-16/h7-13,17H,3-6,14-15H2,1-2H3/b13-12+. The Morgan fingerprint density at radius 3 is 2.05 bits per heavy atom. The van der Waals surface area contributed by atoms with Gasteiger partial charge in [-0.1, -0.05) is 69.2 Å². The van der Waals surface area contributed by atoms with Gasteiger partial charge in [0.25, 0.3) is 0 Å². The molecule has 0 atom stereocenters. The lowest BCUT2D eigenvalue weighted by molar-refractivity contribution is 0.894. The van der Waals surface area contributed by atoms with Crippen LogP contribution in [0.1, 0.15) is 45.1 Å². The first-order chi connectivity index (χ1) is 9.36. The van der Waals surface area contributed by atoms with E-state index in [4.69, 9.17) is 0 Å². The Morgan fingerprint density at radius 2 is 1.53 bits per heavy atom. The zero-order chi connectivity index (χ0) is 13.8. The predicted molar refractivity (Wildman–Crippen MR) is 94.0 cm³/mol. The van der Waals surface area contributed by atoms with Gasteiger partial charge in [0.05, 0.1) is 4.58 Å². The van der Waals surface area contributed by atoms with Crippen LogP contribution in [0.15, 0.2) is 36.4 Å². The van der Waals surface area contributed by atoms with E-state index in [9.17, 15) is 0 Å². The molecule has 1 aromatic carbocycles. The lowest BCUT2D eigenvalue weighted by Crippen LogP contribution is -1.96. The number of rotatable bonds is 10. The molecule has 2 heteroatoms. The molecule has 0 unspecified atom stereocenters. The van der Waals surface area contributed by atoms with Crippen LogP contribution in [0.25, 0.3) is 6.08 Å². The number of hydrogen-bond donors (Lipinski definition) is 0. The van der Waals surface area contributed by atoms with E-state index in [2.05, 4.69) is 79.9 Å². The van der Waals surface area contributed by atoms with Gasteiger partial charge in [-0.3, -0.25) is 0 Å². The molecule has 0 N–H and O–H groups in total. The van der Waals surface area contributed by atoms with Gasteiger partial charge in [0.15, 0.2) is 0 Å². The molecule has 0 fully saturated rings. The van der Waals surface area contributed by atoms with Crippen LogP contribution in [-0.2, 0) is 0 Å². The third-order valence-corrected chi connectivity index (χ3v) is 5.64. The lowest BCUT2D eigenvalue weighted by atomic mass is 10.2. The third kappa shape index (κ3) is 8.43. The molecule has 0 aliphatic rings. The minimum atomic E-state index is 0.610. The van der Waals surface area contributed by atoms with Crippen LogP contribution < -0.4 is 0 Å². The summed E-state index contributed by atoms with van der Waals surface area (Å²) in [5.41, 5.74) is 1.31. The smallest absolute Gasteiger partial charge is 0.0685 e. The normalized spacial score (nSPS) is 11.5. The Labute approximate surface area is 127 Å². The van der Waals surface area contributed by atoms with E-state index in [0.717, 1.165) is 0 Å². The fourth-order valence-corrected chi connectivity index (χ4v) is 4.32. The van der Waals surface area contributed by atoms with Crippen molar-refractivity contribution in [2.45, 2.75) is 44.1 Å². The van der Waals surface area contributed by atoms with Crippen molar-refractivity contribution >= 4 is 29.6 Å². The SMILES string of the molecule is CCCCSC(/C=C/c1ccccc1)SCCCC. The number of thioether (sulfide) groups is 2. The summed E-state index contributed by atoms with van der Waals surface area (Å²) in [6, 6.07) is 10.6. The Morgan fingerprint density at radius 1 is 0.947 bits per heavy atom. The summed E-state index contributed by atoms with van der Waals surface area (Å²) in [7, 11) is 0. The van der Waals surface area contributed by atoms with Crippen LogP contribution in [0.4, 0.5) is 0 Å². The highest BCUT2D eigenvalue weighted by Crippen LogP contribution is 2.27. The van der Waals surface area contributed by atoms with E-state index in [1.54, 1.807) is 0 Å². The van der Waals surface area contributed by atoms with Crippen LogP contribution in [0.2, 0.25) is 0 Å². The van der Waals surface area contributed by atoms with Gasteiger partial charge in [0.2, 0.25) is 0 Å².